The highest BCUT2D eigenvalue weighted by molar-refractivity contribution is 5.98. The van der Waals surface area contributed by atoms with Crippen molar-refractivity contribution in [2.45, 2.75) is 27.2 Å². The molecule has 0 radical (unpaired) electrons. The Kier molecular flexibility index (Phi) is 6.94. The van der Waals surface area contributed by atoms with Crippen LogP contribution in [0.2, 0.25) is 0 Å². The molecule has 0 heterocycles. The van der Waals surface area contributed by atoms with Gasteiger partial charge in [-0.15, -0.1) is 0 Å². The summed E-state index contributed by atoms with van der Waals surface area (Å²) in [7, 11) is 0. The minimum Gasteiger partial charge on any atom is -0.483 e. The van der Waals surface area contributed by atoms with Crippen molar-refractivity contribution in [2.75, 3.05) is 13.2 Å². The van der Waals surface area contributed by atoms with Crippen molar-refractivity contribution in [3.8, 4) is 5.75 Å². The van der Waals surface area contributed by atoms with E-state index in [0.29, 0.717) is 18.1 Å². The lowest BCUT2D eigenvalue weighted by Crippen LogP contribution is -2.26. The van der Waals surface area contributed by atoms with Gasteiger partial charge in [-0.05, 0) is 32.4 Å². The molecule has 6 heteroatoms. The zero-order valence-electron chi connectivity index (χ0n) is 12.5. The second-order valence-electron chi connectivity index (χ2n) is 4.42. The molecule has 0 unspecified atom stereocenters. The van der Waals surface area contributed by atoms with Crippen LogP contribution in [0.3, 0.4) is 0 Å². The molecule has 0 bridgehead atoms. The van der Waals surface area contributed by atoms with Crippen LogP contribution in [-0.2, 0) is 14.3 Å². The predicted molar refractivity (Wildman–Crippen MR) is 79.2 cm³/mol. The Labute approximate surface area is 124 Å². The van der Waals surface area contributed by atoms with E-state index in [9.17, 15) is 9.59 Å². The van der Waals surface area contributed by atoms with Crippen molar-refractivity contribution in [1.29, 1.82) is 0 Å². The van der Waals surface area contributed by atoms with Gasteiger partial charge < -0.3 is 9.47 Å². The largest absolute Gasteiger partial charge is 0.483 e. The lowest BCUT2D eigenvalue weighted by Gasteiger charge is -2.07. The fourth-order valence-electron chi connectivity index (χ4n) is 1.51. The number of hydrazone groups is 1. The molecule has 0 fully saturated rings. The van der Waals surface area contributed by atoms with Crippen LogP contribution in [0, 0.1) is 6.92 Å². The lowest BCUT2D eigenvalue weighted by molar-refractivity contribution is -0.141. The molecule has 1 N–H and O–H groups in total. The molecule has 6 nitrogen and oxygen atoms in total. The first kappa shape index (κ1) is 16.7. The van der Waals surface area contributed by atoms with E-state index in [1.807, 2.05) is 25.1 Å². The SMILES string of the molecule is CCOC(=O)C/C(C)=N\NC(=O)COc1ccccc1C. The smallest absolute Gasteiger partial charge is 0.311 e. The van der Waals surface area contributed by atoms with Crippen LogP contribution in [0.25, 0.3) is 0 Å². The Morgan fingerprint density at radius 3 is 2.67 bits per heavy atom. The number of ether oxygens (including phenoxy) is 2. The van der Waals surface area contributed by atoms with Crippen LogP contribution in [0.5, 0.6) is 5.75 Å². The van der Waals surface area contributed by atoms with Crippen molar-refractivity contribution in [3.05, 3.63) is 29.8 Å². The highest BCUT2D eigenvalue weighted by Gasteiger charge is 2.06. The van der Waals surface area contributed by atoms with E-state index in [1.165, 1.54) is 0 Å². The maximum atomic E-state index is 11.6. The van der Waals surface area contributed by atoms with E-state index in [2.05, 4.69) is 10.5 Å². The summed E-state index contributed by atoms with van der Waals surface area (Å²) < 4.78 is 10.2. The van der Waals surface area contributed by atoms with E-state index in [0.717, 1.165) is 5.56 Å². The number of hydrogen-bond acceptors (Lipinski definition) is 5. The number of nitrogens with zero attached hydrogens (tertiary/aromatic N) is 1. The van der Waals surface area contributed by atoms with Crippen LogP contribution in [0.15, 0.2) is 29.4 Å². The molecule has 114 valence electrons. The van der Waals surface area contributed by atoms with E-state index < -0.39 is 0 Å². The Bertz CT molecular complexity index is 526. The average molecular weight is 292 g/mol. The number of benzene rings is 1. The monoisotopic (exact) mass is 292 g/mol. The number of esters is 1. The highest BCUT2D eigenvalue weighted by atomic mass is 16.5. The van der Waals surface area contributed by atoms with Gasteiger partial charge in [0.05, 0.1) is 13.0 Å². The molecule has 1 amide bonds. The first-order chi connectivity index (χ1) is 10.0. The van der Waals surface area contributed by atoms with Gasteiger partial charge in [-0.3, -0.25) is 9.59 Å². The summed E-state index contributed by atoms with van der Waals surface area (Å²) in [5.74, 6) is -0.106. The van der Waals surface area contributed by atoms with Gasteiger partial charge in [-0.2, -0.15) is 5.10 Å². The highest BCUT2D eigenvalue weighted by Crippen LogP contribution is 2.15. The van der Waals surface area contributed by atoms with E-state index >= 15 is 0 Å². The molecule has 0 atom stereocenters. The standard InChI is InChI=1S/C15H20N2O4/c1-4-20-15(19)9-12(3)16-17-14(18)10-21-13-8-6-5-7-11(13)2/h5-8H,4,9-10H2,1-3H3,(H,17,18)/b16-12-. The third kappa shape index (κ3) is 6.56. The van der Waals surface area contributed by atoms with E-state index in [4.69, 9.17) is 9.47 Å². The fraction of sp³-hybridized carbons (Fsp3) is 0.400. The molecule has 0 aromatic heterocycles. The Balaban J connectivity index is 2.37. The van der Waals surface area contributed by atoms with Gasteiger partial charge in [0.1, 0.15) is 5.75 Å². The molecular formula is C15H20N2O4. The van der Waals surface area contributed by atoms with Crippen molar-refractivity contribution in [3.63, 3.8) is 0 Å². The summed E-state index contributed by atoms with van der Waals surface area (Å²) in [5, 5.41) is 3.82. The number of aryl methyl sites for hydroxylation is 1. The maximum absolute atomic E-state index is 11.6. The number of carbonyl (C=O) groups is 2. The number of para-hydroxylation sites is 1. The number of rotatable bonds is 7. The quantitative estimate of drug-likeness (QED) is 0.472. The Hall–Kier alpha value is -2.37. The average Bonchev–Trinajstić information content (AvgIpc) is 2.44. The molecule has 0 saturated heterocycles. The minimum atomic E-state index is -0.388. The summed E-state index contributed by atoms with van der Waals surface area (Å²) in [6.45, 7) is 5.45. The topological polar surface area (TPSA) is 77.0 Å². The molecule has 1 rings (SSSR count). The van der Waals surface area contributed by atoms with Gasteiger partial charge in [0.15, 0.2) is 6.61 Å². The molecule has 0 aliphatic carbocycles. The summed E-state index contributed by atoms with van der Waals surface area (Å²) in [6.07, 6.45) is 0.0484. The Morgan fingerprint density at radius 1 is 1.29 bits per heavy atom. The summed E-state index contributed by atoms with van der Waals surface area (Å²) in [4.78, 5) is 22.8. The van der Waals surface area contributed by atoms with E-state index in [1.54, 1.807) is 19.9 Å². The number of carbonyl (C=O) groups excluding carboxylic acids is 2. The second kappa shape index (κ2) is 8.73. The molecule has 0 saturated carbocycles. The predicted octanol–water partition coefficient (Wildman–Crippen LogP) is 1.82. The van der Waals surface area contributed by atoms with Crippen LogP contribution < -0.4 is 10.2 Å². The van der Waals surface area contributed by atoms with Gasteiger partial charge in [-0.1, -0.05) is 18.2 Å². The number of amides is 1. The summed E-state index contributed by atoms with van der Waals surface area (Å²) in [6, 6.07) is 7.42. The lowest BCUT2D eigenvalue weighted by atomic mass is 10.2. The van der Waals surface area contributed by atoms with Crippen molar-refractivity contribution in [1.82, 2.24) is 5.43 Å². The van der Waals surface area contributed by atoms with Crippen LogP contribution in [-0.4, -0.2) is 30.8 Å². The third-order valence-corrected chi connectivity index (χ3v) is 2.53. The second-order valence-corrected chi connectivity index (χ2v) is 4.42. The van der Waals surface area contributed by atoms with Crippen LogP contribution in [0.1, 0.15) is 25.8 Å². The minimum absolute atomic E-state index is 0.0484. The van der Waals surface area contributed by atoms with Crippen LogP contribution >= 0.6 is 0 Å². The van der Waals surface area contributed by atoms with Gasteiger partial charge in [-0.25, -0.2) is 5.43 Å². The van der Waals surface area contributed by atoms with Gasteiger partial charge in [0, 0.05) is 5.71 Å². The van der Waals surface area contributed by atoms with Crippen molar-refractivity contribution in [2.24, 2.45) is 5.10 Å². The normalized spacial score (nSPS) is 10.9. The van der Waals surface area contributed by atoms with Gasteiger partial charge in [0.2, 0.25) is 0 Å². The number of nitrogens with one attached hydrogen (secondary N) is 1. The molecule has 0 spiro atoms. The molecule has 1 aromatic carbocycles. The first-order valence-corrected chi connectivity index (χ1v) is 6.69. The van der Waals surface area contributed by atoms with Crippen molar-refractivity contribution < 1.29 is 19.1 Å². The third-order valence-electron chi connectivity index (χ3n) is 2.53. The first-order valence-electron chi connectivity index (χ1n) is 6.69. The molecule has 21 heavy (non-hydrogen) atoms. The zero-order chi connectivity index (χ0) is 15.7. The number of hydrogen-bond donors (Lipinski definition) is 1. The van der Waals surface area contributed by atoms with Crippen LogP contribution in [0.4, 0.5) is 0 Å². The van der Waals surface area contributed by atoms with Gasteiger partial charge in [0.25, 0.3) is 5.91 Å². The van der Waals surface area contributed by atoms with E-state index in [-0.39, 0.29) is 24.9 Å². The summed E-state index contributed by atoms with van der Waals surface area (Å²) >= 11 is 0. The fourth-order valence-corrected chi connectivity index (χ4v) is 1.51. The summed E-state index contributed by atoms with van der Waals surface area (Å²) in [5.41, 5.74) is 3.76. The molecule has 1 aromatic rings. The molecule has 0 aliphatic rings. The molecule has 0 aliphatic heterocycles. The molecular weight excluding hydrogens is 272 g/mol. The van der Waals surface area contributed by atoms with Crippen molar-refractivity contribution >= 4 is 17.6 Å². The zero-order valence-corrected chi connectivity index (χ0v) is 12.5. The Morgan fingerprint density at radius 2 is 2.00 bits per heavy atom. The van der Waals surface area contributed by atoms with Gasteiger partial charge >= 0.3 is 5.97 Å². The maximum Gasteiger partial charge on any atom is 0.311 e.